The van der Waals surface area contributed by atoms with Gasteiger partial charge >= 0.3 is 0 Å². The maximum atomic E-state index is 5.22. The van der Waals surface area contributed by atoms with Crippen molar-refractivity contribution in [3.63, 3.8) is 0 Å². The van der Waals surface area contributed by atoms with Crippen LogP contribution in [0.25, 0.3) is 0 Å². The highest BCUT2D eigenvalue weighted by Crippen LogP contribution is 2.12. The van der Waals surface area contributed by atoms with E-state index in [2.05, 4.69) is 51.1 Å². The second kappa shape index (κ2) is 14.0. The zero-order chi connectivity index (χ0) is 19.5. The molecule has 1 fully saturated rings. The molecule has 1 N–H and O–H groups in total. The van der Waals surface area contributed by atoms with Crippen molar-refractivity contribution in [3.05, 3.63) is 29.8 Å². The molecule has 0 spiro atoms. The number of likely N-dealkylation sites (N-methyl/N-ethyl adjacent to an activating group) is 1. The van der Waals surface area contributed by atoms with Gasteiger partial charge in [-0.25, -0.2) is 0 Å². The van der Waals surface area contributed by atoms with Crippen molar-refractivity contribution < 1.29 is 4.74 Å². The Morgan fingerprint density at radius 1 is 1.11 bits per heavy atom. The molecule has 0 unspecified atom stereocenters. The third-order valence-corrected chi connectivity index (χ3v) is 5.25. The first-order valence-electron chi connectivity index (χ1n) is 10.2. The number of halogens is 1. The van der Waals surface area contributed by atoms with Crippen LogP contribution in [0.5, 0.6) is 5.75 Å². The standard InChI is InChI=1S/C21H37N5O.HI/c1-5-25-14-16-26(17-15-25)13-7-6-12-23-21(22-2)24(3)18-19-8-10-20(27-4)11-9-19;/h8-11H,5-7,12-18H2,1-4H3,(H,22,23);1H. The molecule has 0 aliphatic carbocycles. The Balaban J connectivity index is 0.00000392. The van der Waals surface area contributed by atoms with Crippen molar-refractivity contribution in [3.8, 4) is 5.75 Å². The molecule has 1 saturated heterocycles. The number of benzene rings is 1. The molecule has 2 rings (SSSR count). The second-order valence-electron chi connectivity index (χ2n) is 7.16. The maximum absolute atomic E-state index is 5.22. The summed E-state index contributed by atoms with van der Waals surface area (Å²) < 4.78 is 5.22. The number of hydrogen-bond acceptors (Lipinski definition) is 4. The van der Waals surface area contributed by atoms with Gasteiger partial charge in [0.15, 0.2) is 5.96 Å². The van der Waals surface area contributed by atoms with Crippen LogP contribution in [0, 0.1) is 0 Å². The summed E-state index contributed by atoms with van der Waals surface area (Å²) in [6.07, 6.45) is 2.40. The molecule has 160 valence electrons. The van der Waals surface area contributed by atoms with Crippen molar-refractivity contribution in [1.82, 2.24) is 20.0 Å². The summed E-state index contributed by atoms with van der Waals surface area (Å²) >= 11 is 0. The van der Waals surface area contributed by atoms with E-state index in [4.69, 9.17) is 4.74 Å². The molecule has 0 amide bonds. The molecule has 7 heteroatoms. The van der Waals surface area contributed by atoms with E-state index in [9.17, 15) is 0 Å². The summed E-state index contributed by atoms with van der Waals surface area (Å²) in [4.78, 5) is 11.7. The molecule has 6 nitrogen and oxygen atoms in total. The number of aliphatic imine (C=N–C) groups is 1. The van der Waals surface area contributed by atoms with Gasteiger partial charge in [0, 0.05) is 53.4 Å². The Labute approximate surface area is 188 Å². The molecule has 0 radical (unpaired) electrons. The van der Waals surface area contributed by atoms with Crippen LogP contribution >= 0.6 is 24.0 Å². The Morgan fingerprint density at radius 3 is 2.32 bits per heavy atom. The minimum absolute atomic E-state index is 0. The van der Waals surface area contributed by atoms with Crippen molar-refractivity contribution in [2.24, 2.45) is 4.99 Å². The zero-order valence-corrected chi connectivity index (χ0v) is 20.3. The van der Waals surface area contributed by atoms with Gasteiger partial charge in [-0.3, -0.25) is 4.99 Å². The fourth-order valence-electron chi connectivity index (χ4n) is 3.45. The molecular weight excluding hydrogens is 465 g/mol. The number of unbranched alkanes of at least 4 members (excludes halogenated alkanes) is 1. The minimum Gasteiger partial charge on any atom is -0.497 e. The average molecular weight is 503 g/mol. The van der Waals surface area contributed by atoms with Gasteiger partial charge in [0.1, 0.15) is 5.75 Å². The summed E-state index contributed by atoms with van der Waals surface area (Å²) in [7, 11) is 5.62. The van der Waals surface area contributed by atoms with Gasteiger partial charge in [0.25, 0.3) is 0 Å². The molecule has 1 aliphatic heterocycles. The number of guanidine groups is 1. The van der Waals surface area contributed by atoms with Crippen LogP contribution in [0.1, 0.15) is 25.3 Å². The first-order chi connectivity index (χ1) is 13.2. The molecule has 0 saturated carbocycles. The van der Waals surface area contributed by atoms with Gasteiger partial charge in [0.05, 0.1) is 7.11 Å². The van der Waals surface area contributed by atoms with Gasteiger partial charge in [0.2, 0.25) is 0 Å². The van der Waals surface area contributed by atoms with Crippen LogP contribution in [-0.4, -0.2) is 87.7 Å². The highest BCUT2D eigenvalue weighted by atomic mass is 127. The monoisotopic (exact) mass is 503 g/mol. The molecule has 0 aromatic heterocycles. The summed E-state index contributed by atoms with van der Waals surface area (Å²) in [5, 5.41) is 3.49. The number of methoxy groups -OCH3 is 1. The molecule has 0 bridgehead atoms. The number of ether oxygens (including phenoxy) is 1. The Kier molecular flexibility index (Phi) is 12.5. The van der Waals surface area contributed by atoms with E-state index in [1.807, 2.05) is 19.2 Å². The van der Waals surface area contributed by atoms with Crippen molar-refractivity contribution in [2.45, 2.75) is 26.3 Å². The third kappa shape index (κ3) is 8.53. The Bertz CT molecular complexity index is 558. The first kappa shape index (κ1) is 25.0. The van der Waals surface area contributed by atoms with Gasteiger partial charge in [-0.2, -0.15) is 0 Å². The highest BCUT2D eigenvalue weighted by Gasteiger charge is 2.14. The van der Waals surface area contributed by atoms with E-state index in [1.165, 1.54) is 57.7 Å². The van der Waals surface area contributed by atoms with E-state index in [-0.39, 0.29) is 24.0 Å². The third-order valence-electron chi connectivity index (χ3n) is 5.25. The van der Waals surface area contributed by atoms with Crippen LogP contribution in [0.4, 0.5) is 0 Å². The SMILES string of the molecule is CCN1CCN(CCCCNC(=NC)N(C)Cc2ccc(OC)cc2)CC1.I. The largest absolute Gasteiger partial charge is 0.497 e. The number of rotatable bonds is 9. The molecule has 1 aromatic rings. The molecule has 1 aliphatic rings. The zero-order valence-electron chi connectivity index (χ0n) is 18.0. The highest BCUT2D eigenvalue weighted by molar-refractivity contribution is 14.0. The smallest absolute Gasteiger partial charge is 0.193 e. The van der Waals surface area contributed by atoms with Crippen LogP contribution in [0.3, 0.4) is 0 Å². The molecule has 28 heavy (non-hydrogen) atoms. The lowest BCUT2D eigenvalue weighted by molar-refractivity contribution is 0.136. The van der Waals surface area contributed by atoms with Crippen LogP contribution < -0.4 is 10.1 Å². The predicted octanol–water partition coefficient (Wildman–Crippen LogP) is 2.74. The van der Waals surface area contributed by atoms with E-state index in [0.717, 1.165) is 24.8 Å². The fourth-order valence-corrected chi connectivity index (χ4v) is 3.45. The van der Waals surface area contributed by atoms with Crippen LogP contribution in [-0.2, 0) is 6.54 Å². The van der Waals surface area contributed by atoms with E-state index >= 15 is 0 Å². The summed E-state index contributed by atoms with van der Waals surface area (Å²) in [6.45, 7) is 11.3. The number of nitrogens with one attached hydrogen (secondary N) is 1. The van der Waals surface area contributed by atoms with Crippen molar-refractivity contribution in [2.75, 3.05) is 67.0 Å². The first-order valence-corrected chi connectivity index (χ1v) is 10.2. The predicted molar refractivity (Wildman–Crippen MR) is 129 cm³/mol. The average Bonchev–Trinajstić information content (AvgIpc) is 2.71. The van der Waals surface area contributed by atoms with Crippen molar-refractivity contribution in [1.29, 1.82) is 0 Å². The molecule has 1 aromatic carbocycles. The normalized spacial score (nSPS) is 15.8. The minimum atomic E-state index is 0. The van der Waals surface area contributed by atoms with Gasteiger partial charge < -0.3 is 24.8 Å². The van der Waals surface area contributed by atoms with E-state index < -0.39 is 0 Å². The molecule has 1 heterocycles. The summed E-state index contributed by atoms with van der Waals surface area (Å²) in [6, 6.07) is 8.20. The van der Waals surface area contributed by atoms with E-state index in [0.29, 0.717) is 0 Å². The number of hydrogen-bond donors (Lipinski definition) is 1. The second-order valence-corrected chi connectivity index (χ2v) is 7.16. The fraction of sp³-hybridized carbons (Fsp3) is 0.667. The molecule has 0 atom stereocenters. The lowest BCUT2D eigenvalue weighted by Gasteiger charge is -2.34. The van der Waals surface area contributed by atoms with Gasteiger partial charge in [-0.05, 0) is 43.6 Å². The Morgan fingerprint density at radius 2 is 1.75 bits per heavy atom. The quantitative estimate of drug-likeness (QED) is 0.243. The van der Waals surface area contributed by atoms with Crippen LogP contribution in [0.15, 0.2) is 29.3 Å². The number of nitrogens with zero attached hydrogens (tertiary/aromatic N) is 4. The topological polar surface area (TPSA) is 43.3 Å². The van der Waals surface area contributed by atoms with E-state index in [1.54, 1.807) is 7.11 Å². The van der Waals surface area contributed by atoms with Gasteiger partial charge in [-0.15, -0.1) is 24.0 Å². The molecular formula is C21H38IN5O. The lowest BCUT2D eigenvalue weighted by atomic mass is 10.2. The number of piperazine rings is 1. The van der Waals surface area contributed by atoms with Gasteiger partial charge in [-0.1, -0.05) is 19.1 Å². The van der Waals surface area contributed by atoms with Crippen molar-refractivity contribution >= 4 is 29.9 Å². The summed E-state index contributed by atoms with van der Waals surface area (Å²) in [5.41, 5.74) is 1.24. The van der Waals surface area contributed by atoms with Crippen LogP contribution in [0.2, 0.25) is 0 Å². The lowest BCUT2D eigenvalue weighted by Crippen LogP contribution is -2.46. The Hall–Kier alpha value is -1.06. The summed E-state index contributed by atoms with van der Waals surface area (Å²) in [5.74, 6) is 1.84. The maximum Gasteiger partial charge on any atom is 0.193 e.